The second-order valence-corrected chi connectivity index (χ2v) is 18.5. The van der Waals surface area contributed by atoms with E-state index in [1.165, 1.54) is 5.57 Å². The van der Waals surface area contributed by atoms with Crippen molar-refractivity contribution >= 4 is 39.5 Å². The van der Waals surface area contributed by atoms with Crippen molar-refractivity contribution < 1.29 is 33.4 Å². The maximum atomic E-state index is 14.9. The van der Waals surface area contributed by atoms with Crippen LogP contribution in [0.2, 0.25) is 0 Å². The normalized spacial score (nSPS) is 25.1. The quantitative estimate of drug-likeness (QED) is 0.117. The van der Waals surface area contributed by atoms with Crippen molar-refractivity contribution in [1.82, 2.24) is 0 Å². The lowest BCUT2D eigenvalue weighted by atomic mass is 9.69. The first-order valence-corrected chi connectivity index (χ1v) is 20.8. The van der Waals surface area contributed by atoms with E-state index in [2.05, 4.69) is 44.7 Å². The molecule has 0 radical (unpaired) electrons. The van der Waals surface area contributed by atoms with Crippen molar-refractivity contribution in [1.29, 1.82) is 0 Å². The number of hydrogen-bond acceptors (Lipinski definition) is 7. The van der Waals surface area contributed by atoms with Gasteiger partial charge in [-0.2, -0.15) is 0 Å². The van der Waals surface area contributed by atoms with Crippen LogP contribution in [0.15, 0.2) is 66.3 Å². The van der Waals surface area contributed by atoms with Crippen LogP contribution in [-0.4, -0.2) is 43.5 Å². The molecule has 6 unspecified atom stereocenters. The summed E-state index contributed by atoms with van der Waals surface area (Å²) in [7, 11) is 3.23. The van der Waals surface area contributed by atoms with Crippen molar-refractivity contribution in [2.24, 2.45) is 40.4 Å². The third kappa shape index (κ3) is 8.82. The highest BCUT2D eigenvalue weighted by atomic mass is 16.5. The average Bonchev–Trinajstić information content (AvgIpc) is 3.55. The number of allylic oxidation sites excluding steroid dienone is 7. The van der Waals surface area contributed by atoms with E-state index >= 15 is 0 Å². The molecule has 3 fully saturated rings. The molecule has 4 aliphatic rings. The Hall–Kier alpha value is -4.26. The third-order valence-electron chi connectivity index (χ3n) is 13.0. The van der Waals surface area contributed by atoms with Crippen LogP contribution < -0.4 is 14.2 Å². The molecular formula is C49H62O7. The van der Waals surface area contributed by atoms with Gasteiger partial charge in [-0.25, -0.2) is 0 Å². The van der Waals surface area contributed by atoms with E-state index in [1.54, 1.807) is 33.3 Å². The van der Waals surface area contributed by atoms with E-state index in [-0.39, 0.29) is 41.9 Å². The van der Waals surface area contributed by atoms with Crippen molar-refractivity contribution in [3.63, 3.8) is 0 Å². The molecule has 0 heterocycles. The first-order chi connectivity index (χ1) is 26.6. The number of ether oxygens (including phenoxy) is 3. The third-order valence-corrected chi connectivity index (χ3v) is 13.0. The van der Waals surface area contributed by atoms with Crippen LogP contribution in [0.25, 0.3) is 16.3 Å². The van der Waals surface area contributed by atoms with Crippen molar-refractivity contribution in [3.05, 3.63) is 71.9 Å². The predicted molar refractivity (Wildman–Crippen MR) is 223 cm³/mol. The van der Waals surface area contributed by atoms with Gasteiger partial charge in [-0.05, 0) is 129 Å². The fourth-order valence-electron chi connectivity index (χ4n) is 9.67. The van der Waals surface area contributed by atoms with E-state index in [9.17, 15) is 19.2 Å². The number of Topliss-reactive ketones (excluding diaryl/α,β-unsaturated/α-hetero) is 3. The van der Waals surface area contributed by atoms with Gasteiger partial charge < -0.3 is 14.2 Å². The van der Waals surface area contributed by atoms with Crippen LogP contribution in [0.3, 0.4) is 0 Å². The van der Waals surface area contributed by atoms with Gasteiger partial charge in [0.2, 0.25) is 0 Å². The minimum Gasteiger partial charge on any atom is -0.493 e. The van der Waals surface area contributed by atoms with Crippen LogP contribution in [0.4, 0.5) is 0 Å². The number of ketones is 4. The topological polar surface area (TPSA) is 96.0 Å². The van der Waals surface area contributed by atoms with Gasteiger partial charge in [0.1, 0.15) is 29.2 Å². The number of rotatable bonds is 17. The molecule has 0 N–H and O–H groups in total. The fourth-order valence-corrected chi connectivity index (χ4v) is 9.67. The summed E-state index contributed by atoms with van der Waals surface area (Å²) in [5, 5.41) is 1.77. The van der Waals surface area contributed by atoms with Crippen molar-refractivity contribution in [3.8, 4) is 17.2 Å². The minimum absolute atomic E-state index is 0.0120. The number of hydrogen-bond donors (Lipinski definition) is 0. The number of benzene rings is 2. The molecule has 3 saturated carbocycles. The highest BCUT2D eigenvalue weighted by Gasteiger charge is 2.59. The van der Waals surface area contributed by atoms with Crippen LogP contribution in [-0.2, 0) is 19.2 Å². The maximum Gasteiger partial charge on any atom is 0.161 e. The van der Waals surface area contributed by atoms with E-state index in [0.29, 0.717) is 42.4 Å². The summed E-state index contributed by atoms with van der Waals surface area (Å²) in [5.74, 6) is 0.328. The van der Waals surface area contributed by atoms with Gasteiger partial charge in [0.05, 0.1) is 14.2 Å². The molecule has 7 heteroatoms. The molecule has 0 spiro atoms. The first kappa shape index (κ1) is 41.4. The summed E-state index contributed by atoms with van der Waals surface area (Å²) < 4.78 is 18.4. The molecule has 0 bridgehead atoms. The van der Waals surface area contributed by atoms with Crippen molar-refractivity contribution in [2.75, 3.05) is 14.2 Å². The first-order valence-electron chi connectivity index (χ1n) is 20.8. The molecule has 4 aliphatic carbocycles. The Morgan fingerprint density at radius 2 is 1.62 bits per heavy atom. The monoisotopic (exact) mass is 762 g/mol. The molecule has 6 atom stereocenters. The Labute approximate surface area is 334 Å². The molecule has 56 heavy (non-hydrogen) atoms. The lowest BCUT2D eigenvalue weighted by Gasteiger charge is -2.32. The number of carbonyl (C=O) groups is 4. The fraction of sp³-hybridized carbons (Fsp3) is 0.551. The van der Waals surface area contributed by atoms with Crippen molar-refractivity contribution in [2.45, 2.75) is 118 Å². The SMILES string of the molecule is C=CC1CC1(CC(=O)C1CC(Oc2cc(C3=CCC(CC(C)C)=C3)cc3cc(OC)c(OC)cc23)CC1C(=O)C(CC(=O)C=C1CCCC1)C(C)(C)C)C(C)=O. The molecule has 2 aromatic rings. The zero-order valence-electron chi connectivity index (χ0n) is 34.9. The molecule has 0 aromatic heterocycles. The van der Waals surface area contributed by atoms with E-state index in [1.807, 2.05) is 32.9 Å². The van der Waals surface area contributed by atoms with Gasteiger partial charge in [-0.3, -0.25) is 19.2 Å². The van der Waals surface area contributed by atoms with E-state index < -0.39 is 34.7 Å². The summed E-state index contributed by atoms with van der Waals surface area (Å²) in [4.78, 5) is 55.8. The Bertz CT molecular complexity index is 1980. The number of methoxy groups -OCH3 is 2. The van der Waals surface area contributed by atoms with Crippen LogP contribution in [0.5, 0.6) is 17.2 Å². The van der Waals surface area contributed by atoms with Gasteiger partial charge in [-0.15, -0.1) is 6.58 Å². The molecule has 6 rings (SSSR count). The number of carbonyl (C=O) groups excluding carboxylic acids is 4. The highest BCUT2D eigenvalue weighted by Crippen LogP contribution is 2.58. The lowest BCUT2D eigenvalue weighted by molar-refractivity contribution is -0.138. The van der Waals surface area contributed by atoms with Crippen LogP contribution in [0.1, 0.15) is 118 Å². The van der Waals surface area contributed by atoms with E-state index in [0.717, 1.165) is 66.0 Å². The standard InChI is InChI=1S/C49H62O7/c1-10-36-27-49(36,30(4)50)28-43(52)40-24-38(25-41(40)47(53)42(48(5,6)7)23-37(51)19-31-13-11-12-14-31)56-44-21-34(33-16-15-32(18-33)17-29(2)3)20-35-22-45(54-8)46(55-9)26-39(35)44/h10,16,18-22,26,29,36,38,40-42H,1,11-15,17,23-25,27-28H2,2-9H3. The summed E-state index contributed by atoms with van der Waals surface area (Å²) in [6.07, 6.45) is 15.1. The van der Waals surface area contributed by atoms with E-state index in [4.69, 9.17) is 14.2 Å². The second-order valence-electron chi connectivity index (χ2n) is 18.5. The largest absolute Gasteiger partial charge is 0.493 e. The van der Waals surface area contributed by atoms with Crippen LogP contribution in [0, 0.1) is 40.4 Å². The lowest BCUT2D eigenvalue weighted by Crippen LogP contribution is -2.38. The zero-order valence-corrected chi connectivity index (χ0v) is 34.9. The molecule has 0 saturated heterocycles. The summed E-state index contributed by atoms with van der Waals surface area (Å²) >= 11 is 0. The van der Waals surface area contributed by atoms with Gasteiger partial charge in [0.25, 0.3) is 0 Å². The molecule has 2 aromatic carbocycles. The maximum absolute atomic E-state index is 14.9. The molecule has 0 amide bonds. The summed E-state index contributed by atoms with van der Waals surface area (Å²) in [6, 6.07) is 8.11. The van der Waals surface area contributed by atoms with Gasteiger partial charge in [0, 0.05) is 41.4 Å². The van der Waals surface area contributed by atoms with Gasteiger partial charge in [-0.1, -0.05) is 64.0 Å². The van der Waals surface area contributed by atoms with Crippen LogP contribution >= 0.6 is 0 Å². The summed E-state index contributed by atoms with van der Waals surface area (Å²) in [6.45, 7) is 16.0. The Morgan fingerprint density at radius 3 is 2.23 bits per heavy atom. The smallest absolute Gasteiger partial charge is 0.161 e. The minimum atomic E-state index is -0.755. The molecular weight excluding hydrogens is 701 g/mol. The zero-order chi connectivity index (χ0) is 40.5. The Balaban J connectivity index is 1.36. The predicted octanol–water partition coefficient (Wildman–Crippen LogP) is 10.8. The molecule has 0 aliphatic heterocycles. The molecule has 7 nitrogen and oxygen atoms in total. The highest BCUT2D eigenvalue weighted by molar-refractivity contribution is 5.99. The molecule has 300 valence electrons. The number of fused-ring (bicyclic) bond motifs is 1. The van der Waals surface area contributed by atoms with Gasteiger partial charge in [0.15, 0.2) is 17.3 Å². The second kappa shape index (κ2) is 16.7. The Morgan fingerprint density at radius 1 is 0.946 bits per heavy atom. The van der Waals surface area contributed by atoms with Gasteiger partial charge >= 0.3 is 0 Å². The summed E-state index contributed by atoms with van der Waals surface area (Å²) in [5.41, 5.74) is 3.46. The average molecular weight is 763 g/mol. The Kier molecular flexibility index (Phi) is 12.3.